The van der Waals surface area contributed by atoms with E-state index in [2.05, 4.69) is 95.6 Å². The van der Waals surface area contributed by atoms with Crippen LogP contribution in [0.15, 0.2) is 11.1 Å². The summed E-state index contributed by atoms with van der Waals surface area (Å²) in [7, 11) is 0. The third kappa shape index (κ3) is 4.91. The Hall–Kier alpha value is 2.62. The van der Waals surface area contributed by atoms with Gasteiger partial charge in [-0.05, 0) is 25.0 Å². The van der Waals surface area contributed by atoms with Gasteiger partial charge in [0.25, 0.3) is 0 Å². The van der Waals surface area contributed by atoms with Gasteiger partial charge >= 0.3 is 0 Å². The molecule has 0 aromatic heterocycles. The molecule has 0 fully saturated rings. The number of halogens is 6. The maximum absolute atomic E-state index is 3.45. The highest BCUT2D eigenvalue weighted by Gasteiger charge is 2.29. The Kier molecular flexibility index (Phi) is 6.22. The highest BCUT2D eigenvalue weighted by atomic mass is 80.0. The molecular formula is C6H6Br6. The molecule has 0 aromatic rings. The van der Waals surface area contributed by atoms with Crippen LogP contribution in [-0.4, -0.2) is 4.29 Å². The van der Waals surface area contributed by atoms with E-state index in [1.807, 2.05) is 13.8 Å². The van der Waals surface area contributed by atoms with Crippen molar-refractivity contribution in [1.82, 2.24) is 0 Å². The molecule has 0 atom stereocenters. The molecule has 0 aliphatic heterocycles. The van der Waals surface area contributed by atoms with Gasteiger partial charge < -0.3 is 0 Å². The van der Waals surface area contributed by atoms with Gasteiger partial charge in [0.1, 0.15) is 0 Å². The largest absolute Gasteiger partial charge is 0.156 e. The maximum atomic E-state index is 3.45. The van der Waals surface area contributed by atoms with Gasteiger partial charge in [0, 0.05) is 0 Å². The van der Waals surface area contributed by atoms with E-state index < -0.39 is 0 Å². The molecule has 12 heavy (non-hydrogen) atoms. The number of hydrogen-bond donors (Lipinski definition) is 0. The second-order valence-corrected chi connectivity index (χ2v) is 15.8. The van der Waals surface area contributed by atoms with Gasteiger partial charge in [-0.25, -0.2) is 0 Å². The summed E-state index contributed by atoms with van der Waals surface area (Å²) in [5.41, 5.74) is 2.27. The molecule has 0 aromatic carbocycles. The monoisotopic (exact) mass is 552 g/mol. The standard InChI is InChI=1S/C6H6Br6/c1-3(5(7,8)9)4(2)6(10,11)12/h1-2H3/b4-3-. The zero-order valence-electron chi connectivity index (χ0n) is 6.27. The Morgan fingerprint density at radius 1 is 0.667 bits per heavy atom. The minimum Gasteiger partial charge on any atom is -0.0549 e. The lowest BCUT2D eigenvalue weighted by molar-refractivity contribution is 1.19. The van der Waals surface area contributed by atoms with Crippen LogP contribution >= 0.6 is 95.6 Å². The average molecular weight is 558 g/mol. The predicted octanol–water partition coefficient (Wildman–Crippen LogP) is 6.00. The number of rotatable bonds is 0. The molecule has 72 valence electrons. The van der Waals surface area contributed by atoms with Crippen LogP contribution in [-0.2, 0) is 0 Å². The first-order chi connectivity index (χ1) is 5.07. The Morgan fingerprint density at radius 2 is 0.833 bits per heavy atom. The quantitative estimate of drug-likeness (QED) is 0.253. The molecule has 0 rings (SSSR count). The van der Waals surface area contributed by atoms with E-state index in [-0.39, 0.29) is 4.29 Å². The molecule has 0 aliphatic carbocycles. The van der Waals surface area contributed by atoms with Gasteiger partial charge in [-0.15, -0.1) is 0 Å². The van der Waals surface area contributed by atoms with Gasteiger partial charge in [0.2, 0.25) is 0 Å². The van der Waals surface area contributed by atoms with Crippen molar-refractivity contribution in [3.8, 4) is 0 Å². The molecule has 0 heterocycles. The first-order valence-corrected chi connectivity index (χ1v) is 7.64. The van der Waals surface area contributed by atoms with Gasteiger partial charge in [-0.3, -0.25) is 0 Å². The first-order valence-electron chi connectivity index (χ1n) is 2.88. The normalized spacial score (nSPS) is 16.0. The van der Waals surface area contributed by atoms with E-state index in [0.717, 1.165) is 11.1 Å². The Bertz CT molecular complexity index is 171. The fourth-order valence-corrected chi connectivity index (χ4v) is 2.21. The number of hydrogen-bond acceptors (Lipinski definition) is 0. The van der Waals surface area contributed by atoms with Crippen molar-refractivity contribution in [3.63, 3.8) is 0 Å². The average Bonchev–Trinajstić information content (AvgIpc) is 1.80. The molecule has 6 heteroatoms. The molecule has 0 amide bonds. The summed E-state index contributed by atoms with van der Waals surface area (Å²) < 4.78 is -0.671. The molecule has 0 saturated carbocycles. The Morgan fingerprint density at radius 3 is 0.917 bits per heavy atom. The van der Waals surface area contributed by atoms with E-state index in [9.17, 15) is 0 Å². The summed E-state index contributed by atoms with van der Waals surface area (Å²) in [6, 6.07) is 0. The van der Waals surface area contributed by atoms with Gasteiger partial charge in [-0.2, -0.15) is 0 Å². The second kappa shape index (κ2) is 5.10. The smallest absolute Gasteiger partial charge is 0.0549 e. The van der Waals surface area contributed by atoms with Crippen LogP contribution in [0.25, 0.3) is 0 Å². The van der Waals surface area contributed by atoms with Crippen molar-refractivity contribution >= 4 is 95.6 Å². The molecule has 0 bridgehead atoms. The van der Waals surface area contributed by atoms with Crippen LogP contribution in [0.2, 0.25) is 0 Å². The van der Waals surface area contributed by atoms with Crippen LogP contribution in [0.1, 0.15) is 13.8 Å². The SMILES string of the molecule is C/C(=C(\C)C(Br)(Br)Br)C(Br)(Br)Br. The number of allylic oxidation sites excluding steroid dienone is 2. The minimum absolute atomic E-state index is 0.336. The molecule has 0 radical (unpaired) electrons. The van der Waals surface area contributed by atoms with Crippen LogP contribution in [0.5, 0.6) is 0 Å². The molecule has 0 N–H and O–H groups in total. The summed E-state index contributed by atoms with van der Waals surface area (Å²) in [5, 5.41) is 0. The summed E-state index contributed by atoms with van der Waals surface area (Å²) in [4.78, 5) is 0. The zero-order valence-corrected chi connectivity index (χ0v) is 15.8. The van der Waals surface area contributed by atoms with Crippen molar-refractivity contribution in [2.24, 2.45) is 0 Å². The topological polar surface area (TPSA) is 0 Å². The molecule has 0 spiro atoms. The van der Waals surface area contributed by atoms with E-state index in [4.69, 9.17) is 0 Å². The fourth-order valence-electron chi connectivity index (χ4n) is 0.425. The zero-order chi connectivity index (χ0) is 10.2. The van der Waals surface area contributed by atoms with Crippen LogP contribution < -0.4 is 0 Å². The summed E-state index contributed by atoms with van der Waals surface area (Å²) in [5.74, 6) is 0. The lowest BCUT2D eigenvalue weighted by Gasteiger charge is -2.22. The molecule has 0 aliphatic rings. The predicted molar refractivity (Wildman–Crippen MR) is 77.4 cm³/mol. The van der Waals surface area contributed by atoms with Crippen LogP contribution in [0.4, 0.5) is 0 Å². The van der Waals surface area contributed by atoms with E-state index in [0.29, 0.717) is 0 Å². The van der Waals surface area contributed by atoms with E-state index >= 15 is 0 Å². The van der Waals surface area contributed by atoms with Gasteiger partial charge in [0.15, 0.2) is 4.29 Å². The molecule has 0 nitrogen and oxygen atoms in total. The second-order valence-electron chi connectivity index (χ2n) is 2.25. The lowest BCUT2D eigenvalue weighted by atomic mass is 10.2. The van der Waals surface area contributed by atoms with E-state index in [1.54, 1.807) is 0 Å². The number of alkyl halides is 6. The minimum atomic E-state index is -0.336. The molecule has 0 saturated heterocycles. The highest BCUT2D eigenvalue weighted by molar-refractivity contribution is 9.40. The third-order valence-electron chi connectivity index (χ3n) is 1.41. The van der Waals surface area contributed by atoms with Gasteiger partial charge in [-0.1, -0.05) is 95.6 Å². The first kappa shape index (κ1) is 14.6. The Labute approximate surface area is 123 Å². The van der Waals surface area contributed by atoms with Crippen molar-refractivity contribution < 1.29 is 0 Å². The van der Waals surface area contributed by atoms with Crippen molar-refractivity contribution in [2.75, 3.05) is 0 Å². The molecule has 0 unspecified atom stereocenters. The summed E-state index contributed by atoms with van der Waals surface area (Å²) >= 11 is 20.7. The van der Waals surface area contributed by atoms with Crippen molar-refractivity contribution in [1.29, 1.82) is 0 Å². The van der Waals surface area contributed by atoms with Gasteiger partial charge in [0.05, 0.1) is 0 Å². The lowest BCUT2D eigenvalue weighted by Crippen LogP contribution is -2.11. The van der Waals surface area contributed by atoms with Crippen molar-refractivity contribution in [3.05, 3.63) is 11.1 Å². The van der Waals surface area contributed by atoms with Crippen LogP contribution in [0.3, 0.4) is 0 Å². The molecular weight excluding hydrogens is 551 g/mol. The van der Waals surface area contributed by atoms with Crippen LogP contribution in [0, 0.1) is 0 Å². The fraction of sp³-hybridized carbons (Fsp3) is 0.667. The Balaban J connectivity index is 4.96. The third-order valence-corrected chi connectivity index (χ3v) is 4.98. The summed E-state index contributed by atoms with van der Waals surface area (Å²) in [6.45, 7) is 4.04. The maximum Gasteiger partial charge on any atom is 0.156 e. The van der Waals surface area contributed by atoms with Crippen molar-refractivity contribution in [2.45, 2.75) is 18.1 Å². The summed E-state index contributed by atoms with van der Waals surface area (Å²) in [6.07, 6.45) is 0. The van der Waals surface area contributed by atoms with E-state index in [1.165, 1.54) is 0 Å². The highest BCUT2D eigenvalue weighted by Crippen LogP contribution is 2.48.